The zero-order valence-corrected chi connectivity index (χ0v) is 12.6. The minimum atomic E-state index is -2.71. The number of aryl methyl sites for hydroxylation is 1. The van der Waals surface area contributed by atoms with Crippen LogP contribution in [0.4, 0.5) is 11.4 Å². The van der Waals surface area contributed by atoms with Crippen LogP contribution in [-0.4, -0.2) is 32.3 Å². The summed E-state index contributed by atoms with van der Waals surface area (Å²) in [6.07, 6.45) is 0. The molecule has 0 aromatic heterocycles. The molecule has 0 saturated carbocycles. The number of nitro benzene ring substituents is 1. The number of hydrogen-bond acceptors (Lipinski definition) is 4. The second kappa shape index (κ2) is 5.14. The molecule has 2 rings (SSSR count). The summed E-state index contributed by atoms with van der Waals surface area (Å²) < 4.78 is 19.5. The average Bonchev–Trinajstić information content (AvgIpc) is 2.71. The first kappa shape index (κ1) is 13.8. The van der Waals surface area contributed by atoms with E-state index in [0.29, 0.717) is 10.9 Å². The molecule has 0 spiro atoms. The van der Waals surface area contributed by atoms with E-state index in [1.807, 2.05) is 18.7 Å². The molecule has 0 radical (unpaired) electrons. The van der Waals surface area contributed by atoms with Crippen LogP contribution in [0.25, 0.3) is 0 Å². The van der Waals surface area contributed by atoms with Crippen molar-refractivity contribution in [2.45, 2.75) is 20.8 Å². The predicted octanol–water partition coefficient (Wildman–Crippen LogP) is 0.418. The van der Waals surface area contributed by atoms with Crippen molar-refractivity contribution in [3.8, 4) is 0 Å². The van der Waals surface area contributed by atoms with Crippen LogP contribution in [0, 0.1) is 17.0 Å². The molecule has 0 fully saturated rings. The Morgan fingerprint density at radius 2 is 1.89 bits per heavy atom. The molecule has 1 aliphatic rings. The van der Waals surface area contributed by atoms with E-state index in [4.69, 9.17) is 0 Å². The Kier molecular flexibility index (Phi) is 3.73. The van der Waals surface area contributed by atoms with Crippen molar-refractivity contribution in [3.05, 3.63) is 32.5 Å². The second-order valence-electron chi connectivity index (χ2n) is 4.10. The fraction of sp³-hybridized carbons (Fsp3) is 0.455. The Balaban J connectivity index is 2.84. The van der Waals surface area contributed by atoms with Crippen molar-refractivity contribution < 1.29 is 8.76 Å². The Bertz CT molecular complexity index is 682. The van der Waals surface area contributed by atoms with Crippen LogP contribution in [0.1, 0.15) is 19.4 Å². The van der Waals surface area contributed by atoms with Gasteiger partial charge in [-0.25, -0.2) is 0 Å². The molecule has 0 bridgehead atoms. The van der Waals surface area contributed by atoms with Gasteiger partial charge >= 0.3 is 114 Å². The first-order valence-corrected chi connectivity index (χ1v) is 8.15. The first-order valence-electron chi connectivity index (χ1n) is 5.92. The summed E-state index contributed by atoms with van der Waals surface area (Å²) in [5.41, 5.74) is 1.20. The van der Waals surface area contributed by atoms with Gasteiger partial charge in [0.2, 0.25) is 0 Å². The Morgan fingerprint density at radius 3 is 2.42 bits per heavy atom. The summed E-state index contributed by atoms with van der Waals surface area (Å²) in [4.78, 5) is 12.7. The molecule has 0 amide bonds. The SMILES string of the molecule is CCN(CC)c1cc(C)c([N+](=O)[O-])c2c1=N[Se](=O)N=2. The molecule has 1 unspecified atom stereocenters. The van der Waals surface area contributed by atoms with Gasteiger partial charge in [0.25, 0.3) is 0 Å². The molecular weight excluding hydrogens is 315 g/mol. The molecule has 1 heterocycles. The third-order valence-electron chi connectivity index (χ3n) is 3.04. The maximum atomic E-state index is 11.6. The Morgan fingerprint density at radius 1 is 1.32 bits per heavy atom. The van der Waals surface area contributed by atoms with Gasteiger partial charge in [0.1, 0.15) is 0 Å². The summed E-state index contributed by atoms with van der Waals surface area (Å²) in [5, 5.41) is 11.7. The monoisotopic (exact) mass is 330 g/mol. The van der Waals surface area contributed by atoms with Gasteiger partial charge in [-0.1, -0.05) is 0 Å². The van der Waals surface area contributed by atoms with Crippen molar-refractivity contribution in [2.75, 3.05) is 18.0 Å². The zero-order chi connectivity index (χ0) is 14.2. The fourth-order valence-electron chi connectivity index (χ4n) is 2.15. The Hall–Kier alpha value is -1.66. The van der Waals surface area contributed by atoms with E-state index in [1.54, 1.807) is 13.0 Å². The van der Waals surface area contributed by atoms with E-state index in [-0.39, 0.29) is 11.0 Å². The molecule has 1 atom stereocenters. The normalized spacial score (nSPS) is 16.5. The van der Waals surface area contributed by atoms with Crippen LogP contribution in [0.3, 0.4) is 0 Å². The van der Waals surface area contributed by atoms with Gasteiger partial charge in [-0.2, -0.15) is 0 Å². The van der Waals surface area contributed by atoms with Crippen molar-refractivity contribution in [2.24, 2.45) is 8.02 Å². The van der Waals surface area contributed by atoms with Crippen LogP contribution < -0.4 is 15.6 Å². The molecular formula is C11H14N4O3Se. The van der Waals surface area contributed by atoms with Crippen LogP contribution in [0.2, 0.25) is 0 Å². The molecule has 7 nitrogen and oxygen atoms in total. The molecule has 0 saturated heterocycles. The van der Waals surface area contributed by atoms with Gasteiger partial charge in [0.05, 0.1) is 0 Å². The number of hydrogen-bond donors (Lipinski definition) is 0. The quantitative estimate of drug-likeness (QED) is 0.455. The number of benzene rings is 1. The molecule has 1 aromatic rings. The summed E-state index contributed by atoms with van der Waals surface area (Å²) in [6, 6.07) is 1.73. The van der Waals surface area contributed by atoms with Gasteiger partial charge < -0.3 is 0 Å². The topological polar surface area (TPSA) is 88.2 Å². The van der Waals surface area contributed by atoms with Crippen LogP contribution in [0.5, 0.6) is 0 Å². The fourth-order valence-corrected chi connectivity index (χ4v) is 3.63. The molecule has 1 aromatic carbocycles. The van der Waals surface area contributed by atoms with Gasteiger partial charge in [0, 0.05) is 0 Å². The molecule has 8 heteroatoms. The van der Waals surface area contributed by atoms with E-state index >= 15 is 0 Å². The van der Waals surface area contributed by atoms with E-state index in [9.17, 15) is 13.9 Å². The molecule has 0 aliphatic carbocycles. The van der Waals surface area contributed by atoms with Gasteiger partial charge in [-0.3, -0.25) is 0 Å². The number of rotatable bonds is 4. The summed E-state index contributed by atoms with van der Waals surface area (Å²) in [7, 11) is 0. The number of anilines is 1. The number of nitrogens with zero attached hydrogens (tertiary/aromatic N) is 4. The number of fused-ring (bicyclic) bond motifs is 1. The van der Waals surface area contributed by atoms with Crippen LogP contribution in [-0.2, 0) is 3.83 Å². The summed E-state index contributed by atoms with van der Waals surface area (Å²) in [5.74, 6) is 0. The summed E-state index contributed by atoms with van der Waals surface area (Å²) >= 11 is -2.71. The van der Waals surface area contributed by atoms with Gasteiger partial charge in [-0.05, 0) is 0 Å². The van der Waals surface area contributed by atoms with Crippen LogP contribution >= 0.6 is 0 Å². The van der Waals surface area contributed by atoms with E-state index in [2.05, 4.69) is 8.02 Å². The molecule has 1 aliphatic heterocycles. The third-order valence-corrected chi connectivity index (χ3v) is 4.46. The summed E-state index contributed by atoms with van der Waals surface area (Å²) in [6.45, 7) is 7.14. The molecule has 0 N–H and O–H groups in total. The third kappa shape index (κ3) is 2.29. The van der Waals surface area contributed by atoms with Crippen molar-refractivity contribution >= 4 is 25.6 Å². The van der Waals surface area contributed by atoms with E-state index in [0.717, 1.165) is 18.8 Å². The van der Waals surface area contributed by atoms with Crippen molar-refractivity contribution in [1.29, 1.82) is 0 Å². The van der Waals surface area contributed by atoms with Crippen LogP contribution in [0.15, 0.2) is 14.1 Å². The number of nitro groups is 1. The van der Waals surface area contributed by atoms with E-state index < -0.39 is 19.2 Å². The van der Waals surface area contributed by atoms with Gasteiger partial charge in [-0.15, -0.1) is 0 Å². The van der Waals surface area contributed by atoms with Crippen molar-refractivity contribution in [1.82, 2.24) is 0 Å². The van der Waals surface area contributed by atoms with Crippen molar-refractivity contribution in [3.63, 3.8) is 0 Å². The predicted molar refractivity (Wildman–Crippen MR) is 70.1 cm³/mol. The zero-order valence-electron chi connectivity index (χ0n) is 10.9. The van der Waals surface area contributed by atoms with E-state index in [1.165, 1.54) is 0 Å². The minimum absolute atomic E-state index is 0.0863. The second-order valence-corrected chi connectivity index (χ2v) is 5.84. The Labute approximate surface area is 114 Å². The molecule has 102 valence electrons. The maximum absolute atomic E-state index is 11.6. The average molecular weight is 329 g/mol. The standard InChI is InChI=1S/C11H14N4O3Se/c1-4-14(5-2)8-6-7(3)11(15(16)17)10-9(8)12-19(18)13-10/h6H,4-5H2,1-3H3. The van der Waals surface area contributed by atoms with Gasteiger partial charge in [0.15, 0.2) is 0 Å². The first-order chi connectivity index (χ1) is 8.99. The molecule has 19 heavy (non-hydrogen) atoms.